The van der Waals surface area contributed by atoms with Crippen LogP contribution >= 0.6 is 11.6 Å². The molecule has 7 heteroatoms. The molecule has 0 spiro atoms. The van der Waals surface area contributed by atoms with Crippen molar-refractivity contribution in [2.45, 2.75) is 4.90 Å². The van der Waals surface area contributed by atoms with Crippen LogP contribution in [0.5, 0.6) is 0 Å². The van der Waals surface area contributed by atoms with E-state index in [9.17, 15) is 8.42 Å². The van der Waals surface area contributed by atoms with Crippen LogP contribution in [0.3, 0.4) is 0 Å². The molecule has 0 saturated heterocycles. The quantitative estimate of drug-likeness (QED) is 0.770. The van der Waals surface area contributed by atoms with Crippen LogP contribution in [0.15, 0.2) is 33.6 Å². The van der Waals surface area contributed by atoms with E-state index < -0.39 is 10.0 Å². The lowest BCUT2D eigenvalue weighted by atomic mass is 10.2. The number of hydrogen-bond donors (Lipinski definition) is 0. The summed E-state index contributed by atoms with van der Waals surface area (Å²) in [5.41, 5.74) is 0.628. The van der Waals surface area contributed by atoms with Gasteiger partial charge in [0, 0.05) is 31.6 Å². The number of methoxy groups -OCH3 is 1. The summed E-state index contributed by atoms with van der Waals surface area (Å²) in [6.07, 6.45) is 0. The summed E-state index contributed by atoms with van der Waals surface area (Å²) in [6, 6.07) is 6.81. The number of fused-ring (bicyclic) bond motifs is 1. The summed E-state index contributed by atoms with van der Waals surface area (Å²) in [7, 11) is -1.98. The minimum atomic E-state index is -3.58. The lowest BCUT2D eigenvalue weighted by Gasteiger charge is -2.23. The molecule has 1 aromatic carbocycles. The number of amidine groups is 1. The molecule has 0 atom stereocenters. The lowest BCUT2D eigenvalue weighted by molar-refractivity contribution is 0.178. The maximum Gasteiger partial charge on any atom is 0.285 e. The predicted octanol–water partition coefficient (Wildman–Crippen LogP) is 1.32. The van der Waals surface area contributed by atoms with Crippen LogP contribution in [0, 0.1) is 0 Å². The molecule has 0 N–H and O–H groups in total. The Hall–Kier alpha value is -1.11. The Morgan fingerprint density at radius 3 is 2.74 bits per heavy atom. The van der Waals surface area contributed by atoms with Crippen molar-refractivity contribution >= 4 is 27.5 Å². The van der Waals surface area contributed by atoms with Crippen molar-refractivity contribution in [3.05, 3.63) is 29.8 Å². The maximum absolute atomic E-state index is 12.0. The number of ether oxygens (including phenoxy) is 1. The van der Waals surface area contributed by atoms with E-state index in [-0.39, 0.29) is 4.90 Å². The fourth-order valence-corrected chi connectivity index (χ4v) is 3.38. The fourth-order valence-electron chi connectivity index (χ4n) is 1.94. The summed E-state index contributed by atoms with van der Waals surface area (Å²) < 4.78 is 32.8. The van der Waals surface area contributed by atoms with Crippen molar-refractivity contribution in [3.8, 4) is 0 Å². The first-order chi connectivity index (χ1) is 9.10. The topological polar surface area (TPSA) is 59.0 Å². The molecule has 1 heterocycles. The van der Waals surface area contributed by atoms with Gasteiger partial charge in [0.2, 0.25) is 0 Å². The van der Waals surface area contributed by atoms with Gasteiger partial charge in [0.1, 0.15) is 4.90 Å². The molecule has 0 saturated carbocycles. The average molecular weight is 303 g/mol. The first kappa shape index (κ1) is 14.3. The highest BCUT2D eigenvalue weighted by atomic mass is 35.5. The second-order valence-electron chi connectivity index (χ2n) is 4.05. The van der Waals surface area contributed by atoms with Crippen LogP contribution < -0.4 is 0 Å². The van der Waals surface area contributed by atoms with Gasteiger partial charge in [-0.3, -0.25) is 0 Å². The number of halogens is 1. The van der Waals surface area contributed by atoms with Crippen molar-refractivity contribution < 1.29 is 13.2 Å². The minimum Gasteiger partial charge on any atom is -0.383 e. The monoisotopic (exact) mass is 302 g/mol. The Kier molecular flexibility index (Phi) is 4.44. The Labute approximate surface area is 117 Å². The van der Waals surface area contributed by atoms with E-state index in [0.29, 0.717) is 37.0 Å². The van der Waals surface area contributed by atoms with Gasteiger partial charge in [-0.1, -0.05) is 12.1 Å². The fraction of sp³-hybridized carbons (Fsp3) is 0.417. The number of sulfonamides is 1. The molecule has 1 aliphatic heterocycles. The molecule has 0 aromatic heterocycles. The first-order valence-corrected chi connectivity index (χ1v) is 7.82. The summed E-state index contributed by atoms with van der Waals surface area (Å²) in [6.45, 7) is 1.55. The zero-order valence-electron chi connectivity index (χ0n) is 10.5. The first-order valence-electron chi connectivity index (χ1n) is 5.84. The van der Waals surface area contributed by atoms with Crippen LogP contribution in [0.1, 0.15) is 5.56 Å². The molecule has 0 radical (unpaired) electrons. The molecule has 2 rings (SSSR count). The van der Waals surface area contributed by atoms with E-state index in [0.717, 1.165) is 0 Å². The maximum atomic E-state index is 12.0. The Bertz CT molecular complexity index is 586. The van der Waals surface area contributed by atoms with Gasteiger partial charge in [0.05, 0.1) is 6.61 Å². The molecular formula is C12H15ClN2O3S. The van der Waals surface area contributed by atoms with E-state index in [2.05, 4.69) is 4.40 Å². The van der Waals surface area contributed by atoms with Crippen molar-refractivity contribution in [1.29, 1.82) is 0 Å². The van der Waals surface area contributed by atoms with Crippen LogP contribution in [0.25, 0.3) is 0 Å². The number of nitrogens with zero attached hydrogens (tertiary/aromatic N) is 2. The zero-order chi connectivity index (χ0) is 13.9. The second kappa shape index (κ2) is 5.90. The van der Waals surface area contributed by atoms with Gasteiger partial charge >= 0.3 is 0 Å². The molecule has 104 valence electrons. The Balaban J connectivity index is 2.38. The summed E-state index contributed by atoms with van der Waals surface area (Å²) in [5.74, 6) is 0.846. The zero-order valence-corrected chi connectivity index (χ0v) is 12.1. The third-order valence-corrected chi connectivity index (χ3v) is 4.33. The van der Waals surface area contributed by atoms with Gasteiger partial charge < -0.3 is 9.64 Å². The molecule has 0 amide bonds. The molecule has 1 aliphatic rings. The largest absolute Gasteiger partial charge is 0.383 e. The standard InChI is InChI=1S/C12H15ClN2O3S/c1-18-9-8-15(7-6-13)12-10-4-2-3-5-11(10)19(16,17)14-12/h2-5H,6-9H2,1H3. The number of benzene rings is 1. The minimum absolute atomic E-state index is 0.252. The number of alkyl halides is 1. The van der Waals surface area contributed by atoms with Crippen LogP contribution in [-0.4, -0.2) is 51.8 Å². The van der Waals surface area contributed by atoms with Gasteiger partial charge in [-0.15, -0.1) is 16.0 Å². The van der Waals surface area contributed by atoms with Crippen LogP contribution in [0.2, 0.25) is 0 Å². The van der Waals surface area contributed by atoms with Crippen molar-refractivity contribution in [2.24, 2.45) is 4.40 Å². The van der Waals surface area contributed by atoms with Crippen molar-refractivity contribution in [1.82, 2.24) is 4.90 Å². The summed E-state index contributed by atoms with van der Waals surface area (Å²) >= 11 is 5.76. The normalized spacial score (nSPS) is 16.0. The van der Waals surface area contributed by atoms with Gasteiger partial charge in [-0.25, -0.2) is 0 Å². The molecule has 19 heavy (non-hydrogen) atoms. The second-order valence-corrected chi connectivity index (χ2v) is 6.01. The van der Waals surface area contributed by atoms with E-state index in [4.69, 9.17) is 16.3 Å². The van der Waals surface area contributed by atoms with E-state index in [1.807, 2.05) is 4.90 Å². The molecular weight excluding hydrogens is 288 g/mol. The van der Waals surface area contributed by atoms with Gasteiger partial charge in [0.15, 0.2) is 5.84 Å². The SMILES string of the molecule is COCCN(CCCl)C1=NS(=O)(=O)c2ccccc21. The smallest absolute Gasteiger partial charge is 0.285 e. The van der Waals surface area contributed by atoms with E-state index in [1.165, 1.54) is 0 Å². The molecule has 5 nitrogen and oxygen atoms in total. The molecule has 0 bridgehead atoms. The number of rotatable bonds is 5. The summed E-state index contributed by atoms with van der Waals surface area (Å²) in [5, 5.41) is 0. The van der Waals surface area contributed by atoms with Crippen LogP contribution in [0.4, 0.5) is 0 Å². The average Bonchev–Trinajstić information content (AvgIpc) is 2.67. The number of hydrogen-bond acceptors (Lipinski definition) is 4. The predicted molar refractivity (Wildman–Crippen MR) is 74.3 cm³/mol. The molecule has 1 aromatic rings. The highest BCUT2D eigenvalue weighted by Gasteiger charge is 2.31. The van der Waals surface area contributed by atoms with Crippen molar-refractivity contribution in [3.63, 3.8) is 0 Å². The third-order valence-electron chi connectivity index (χ3n) is 2.83. The molecule has 0 aliphatic carbocycles. The van der Waals surface area contributed by atoms with Gasteiger partial charge in [-0.2, -0.15) is 8.42 Å². The summed E-state index contributed by atoms with van der Waals surface area (Å²) in [4.78, 5) is 2.09. The third kappa shape index (κ3) is 2.91. The van der Waals surface area contributed by atoms with Gasteiger partial charge in [0.25, 0.3) is 10.0 Å². The van der Waals surface area contributed by atoms with Crippen LogP contribution in [-0.2, 0) is 14.8 Å². The highest BCUT2D eigenvalue weighted by Crippen LogP contribution is 2.27. The van der Waals surface area contributed by atoms with E-state index in [1.54, 1.807) is 31.4 Å². The lowest BCUT2D eigenvalue weighted by Crippen LogP contribution is -2.35. The highest BCUT2D eigenvalue weighted by molar-refractivity contribution is 7.90. The molecule has 0 fully saturated rings. The Morgan fingerprint density at radius 2 is 2.05 bits per heavy atom. The Morgan fingerprint density at radius 1 is 1.32 bits per heavy atom. The van der Waals surface area contributed by atoms with Crippen molar-refractivity contribution in [2.75, 3.05) is 32.7 Å². The van der Waals surface area contributed by atoms with Gasteiger partial charge in [-0.05, 0) is 12.1 Å². The van der Waals surface area contributed by atoms with E-state index >= 15 is 0 Å². The molecule has 0 unspecified atom stereocenters.